The van der Waals surface area contributed by atoms with Crippen molar-refractivity contribution in [3.05, 3.63) is 72.0 Å². The highest BCUT2D eigenvalue weighted by Crippen LogP contribution is 2.42. The molecule has 0 atom stereocenters. The van der Waals surface area contributed by atoms with Crippen LogP contribution in [0.3, 0.4) is 0 Å². The largest absolute Gasteiger partial charge is 0.311 e. The van der Waals surface area contributed by atoms with Crippen LogP contribution in [0.15, 0.2) is 66.4 Å². The van der Waals surface area contributed by atoms with Crippen LogP contribution >= 0.6 is 0 Å². The molecule has 0 aromatic heterocycles. The predicted octanol–water partition coefficient (Wildman–Crippen LogP) is 2.51. The van der Waals surface area contributed by atoms with Crippen molar-refractivity contribution >= 4 is 23.1 Å². The van der Waals surface area contributed by atoms with E-state index in [4.69, 9.17) is 0 Å². The van der Waals surface area contributed by atoms with E-state index in [0.29, 0.717) is 22.4 Å². The highest BCUT2D eigenvalue weighted by molar-refractivity contribution is 6.37. The third kappa shape index (κ3) is 1.64. The molecule has 0 saturated carbocycles. The Morgan fingerprint density at radius 1 is 0.909 bits per heavy atom. The lowest BCUT2D eigenvalue weighted by atomic mass is 9.96. The lowest BCUT2D eigenvalue weighted by Crippen LogP contribution is -2.24. The molecule has 2 aliphatic rings. The summed E-state index contributed by atoms with van der Waals surface area (Å²) in [5, 5.41) is 0. The molecule has 2 heterocycles. The quantitative estimate of drug-likeness (QED) is 0.786. The van der Waals surface area contributed by atoms with E-state index in [1.165, 1.54) is 4.90 Å². The van der Waals surface area contributed by atoms with Crippen molar-refractivity contribution in [3.63, 3.8) is 0 Å². The zero-order valence-corrected chi connectivity index (χ0v) is 12.6. The molecule has 0 fully saturated rings. The lowest BCUT2D eigenvalue weighted by Gasteiger charge is -2.10. The van der Waals surface area contributed by atoms with Crippen LogP contribution in [-0.2, 0) is 9.59 Å². The smallest absolute Gasteiger partial charge is 0.259 e. The average Bonchev–Trinajstić information content (AvgIpc) is 2.92. The van der Waals surface area contributed by atoms with Gasteiger partial charge >= 0.3 is 0 Å². The molecule has 4 nitrogen and oxygen atoms in total. The van der Waals surface area contributed by atoms with Gasteiger partial charge in [-0.1, -0.05) is 37.4 Å². The topological polar surface area (TPSA) is 40.6 Å². The van der Waals surface area contributed by atoms with Crippen molar-refractivity contribution in [2.75, 3.05) is 19.0 Å². The fraction of sp³-hybridized carbons (Fsp3) is 0.111. The first-order valence-electron chi connectivity index (χ1n) is 6.92. The molecule has 22 heavy (non-hydrogen) atoms. The van der Waals surface area contributed by atoms with Crippen LogP contribution in [0.25, 0.3) is 5.57 Å². The van der Waals surface area contributed by atoms with Gasteiger partial charge < -0.3 is 9.80 Å². The first-order chi connectivity index (χ1) is 10.5. The SMILES string of the molecule is C=CC1=C(C=C)N(C)C(=O)/C1=C1/C(=O)N(C)c2ccccc21. The van der Waals surface area contributed by atoms with Gasteiger partial charge in [0.25, 0.3) is 11.8 Å². The Morgan fingerprint density at radius 2 is 1.55 bits per heavy atom. The third-order valence-corrected chi connectivity index (χ3v) is 4.13. The standard InChI is InChI=1S/C18H16N2O2/c1-5-11-13(6-2)19(3)17(21)15(11)16-12-9-7-8-10-14(12)20(4)18(16)22/h5-10H,1-2H2,3-4H3/b16-15+. The summed E-state index contributed by atoms with van der Waals surface area (Å²) in [6.45, 7) is 7.54. The Balaban J connectivity index is 2.37. The van der Waals surface area contributed by atoms with Gasteiger partial charge in [-0.25, -0.2) is 0 Å². The molecule has 0 aliphatic carbocycles. The first-order valence-corrected chi connectivity index (χ1v) is 6.92. The maximum absolute atomic E-state index is 12.7. The molecule has 0 spiro atoms. The van der Waals surface area contributed by atoms with E-state index in [-0.39, 0.29) is 11.8 Å². The van der Waals surface area contributed by atoms with Crippen LogP contribution in [-0.4, -0.2) is 30.8 Å². The number of rotatable bonds is 2. The maximum Gasteiger partial charge on any atom is 0.259 e. The van der Waals surface area contributed by atoms with Gasteiger partial charge in [0, 0.05) is 25.2 Å². The number of anilines is 1. The number of allylic oxidation sites excluding steroid dienone is 2. The molecule has 0 radical (unpaired) electrons. The molecule has 1 aromatic carbocycles. The van der Waals surface area contributed by atoms with Crippen LogP contribution < -0.4 is 4.90 Å². The van der Waals surface area contributed by atoms with Crippen molar-refractivity contribution in [1.82, 2.24) is 4.90 Å². The van der Waals surface area contributed by atoms with E-state index >= 15 is 0 Å². The summed E-state index contributed by atoms with van der Waals surface area (Å²) in [6, 6.07) is 7.47. The molecular formula is C18H16N2O2. The lowest BCUT2D eigenvalue weighted by molar-refractivity contribution is -0.123. The number of para-hydroxylation sites is 1. The Hall–Kier alpha value is -2.88. The number of carbonyl (C=O) groups is 2. The van der Waals surface area contributed by atoms with Gasteiger partial charge in [-0.2, -0.15) is 0 Å². The maximum atomic E-state index is 12.7. The van der Waals surface area contributed by atoms with E-state index < -0.39 is 0 Å². The highest BCUT2D eigenvalue weighted by atomic mass is 16.2. The number of hydrogen-bond donors (Lipinski definition) is 0. The summed E-state index contributed by atoms with van der Waals surface area (Å²) in [7, 11) is 3.38. The molecule has 0 bridgehead atoms. The fourth-order valence-electron chi connectivity index (χ4n) is 3.01. The third-order valence-electron chi connectivity index (χ3n) is 4.13. The number of likely N-dealkylation sites (N-methyl/N-ethyl adjacent to an activating group) is 2. The molecule has 2 aliphatic heterocycles. The molecule has 2 amide bonds. The number of benzene rings is 1. The van der Waals surface area contributed by atoms with Gasteiger partial charge in [-0.15, -0.1) is 0 Å². The van der Waals surface area contributed by atoms with Gasteiger partial charge in [0.15, 0.2) is 0 Å². The summed E-state index contributed by atoms with van der Waals surface area (Å²) in [5.74, 6) is -0.388. The normalized spacial score (nSPS) is 20.8. The summed E-state index contributed by atoms with van der Waals surface area (Å²) in [6.07, 6.45) is 3.21. The van der Waals surface area contributed by atoms with Gasteiger partial charge in [-0.3, -0.25) is 9.59 Å². The van der Waals surface area contributed by atoms with Crippen molar-refractivity contribution in [2.45, 2.75) is 0 Å². The van der Waals surface area contributed by atoms with Gasteiger partial charge in [0.05, 0.1) is 22.5 Å². The Morgan fingerprint density at radius 3 is 2.18 bits per heavy atom. The molecule has 4 heteroatoms. The van der Waals surface area contributed by atoms with E-state index in [1.54, 1.807) is 31.1 Å². The van der Waals surface area contributed by atoms with Gasteiger partial charge in [-0.05, 0) is 12.1 Å². The Bertz CT molecular complexity index is 799. The van der Waals surface area contributed by atoms with Crippen molar-refractivity contribution in [3.8, 4) is 0 Å². The Labute approximate surface area is 129 Å². The van der Waals surface area contributed by atoms with Gasteiger partial charge in [0.2, 0.25) is 0 Å². The monoisotopic (exact) mass is 292 g/mol. The number of amides is 2. The zero-order chi connectivity index (χ0) is 16.0. The van der Waals surface area contributed by atoms with Crippen LogP contribution in [0.2, 0.25) is 0 Å². The predicted molar refractivity (Wildman–Crippen MR) is 87.0 cm³/mol. The highest BCUT2D eigenvalue weighted by Gasteiger charge is 2.39. The van der Waals surface area contributed by atoms with Crippen LogP contribution in [0, 0.1) is 0 Å². The summed E-state index contributed by atoms with van der Waals surface area (Å²) >= 11 is 0. The molecule has 110 valence electrons. The molecule has 1 aromatic rings. The van der Waals surface area contributed by atoms with Gasteiger partial charge in [0.1, 0.15) is 0 Å². The van der Waals surface area contributed by atoms with E-state index in [0.717, 1.165) is 11.3 Å². The first kappa shape index (κ1) is 14.1. The summed E-state index contributed by atoms with van der Waals surface area (Å²) in [4.78, 5) is 28.4. The molecule has 3 rings (SSSR count). The van der Waals surface area contributed by atoms with Crippen LogP contribution in [0.4, 0.5) is 5.69 Å². The second kappa shape index (κ2) is 4.84. The zero-order valence-electron chi connectivity index (χ0n) is 12.6. The minimum Gasteiger partial charge on any atom is -0.311 e. The average molecular weight is 292 g/mol. The van der Waals surface area contributed by atoms with E-state index in [2.05, 4.69) is 13.2 Å². The molecule has 0 unspecified atom stereocenters. The van der Waals surface area contributed by atoms with Crippen LogP contribution in [0.1, 0.15) is 5.56 Å². The number of hydrogen-bond acceptors (Lipinski definition) is 2. The number of nitrogens with zero attached hydrogens (tertiary/aromatic N) is 2. The molecule has 0 N–H and O–H groups in total. The Kier molecular flexibility index (Phi) is 3.10. The number of fused-ring (bicyclic) bond motifs is 1. The fourth-order valence-corrected chi connectivity index (χ4v) is 3.01. The molecular weight excluding hydrogens is 276 g/mol. The minimum absolute atomic E-state index is 0.178. The summed E-state index contributed by atoms with van der Waals surface area (Å²) < 4.78 is 0. The van der Waals surface area contributed by atoms with Crippen molar-refractivity contribution in [2.24, 2.45) is 0 Å². The summed E-state index contributed by atoms with van der Waals surface area (Å²) in [5.41, 5.74) is 3.73. The molecule has 0 saturated heterocycles. The van der Waals surface area contributed by atoms with Crippen molar-refractivity contribution in [1.29, 1.82) is 0 Å². The second-order valence-electron chi connectivity index (χ2n) is 5.20. The minimum atomic E-state index is -0.210. The second-order valence-corrected chi connectivity index (χ2v) is 5.20. The number of carbonyl (C=O) groups excluding carboxylic acids is 2. The van der Waals surface area contributed by atoms with E-state index in [9.17, 15) is 9.59 Å². The van der Waals surface area contributed by atoms with Crippen molar-refractivity contribution < 1.29 is 9.59 Å². The van der Waals surface area contributed by atoms with Crippen LogP contribution in [0.5, 0.6) is 0 Å². The van der Waals surface area contributed by atoms with E-state index in [1.807, 2.05) is 24.3 Å².